The van der Waals surface area contributed by atoms with Crippen LogP contribution < -0.4 is 11.1 Å². The molecule has 7 heteroatoms. The highest BCUT2D eigenvalue weighted by atomic mass is 35.5. The molecule has 0 aliphatic heterocycles. The number of fused-ring (bicyclic) bond motifs is 3. The van der Waals surface area contributed by atoms with Crippen molar-refractivity contribution in [3.63, 3.8) is 0 Å². The highest BCUT2D eigenvalue weighted by Crippen LogP contribution is 2.44. The van der Waals surface area contributed by atoms with Gasteiger partial charge in [-0.05, 0) is 22.3 Å². The second kappa shape index (κ2) is 8.00. The summed E-state index contributed by atoms with van der Waals surface area (Å²) in [6.45, 7) is -0.0592. The first-order valence-corrected chi connectivity index (χ1v) is 7.66. The summed E-state index contributed by atoms with van der Waals surface area (Å²) in [6, 6.07) is 14.8. The third-order valence-corrected chi connectivity index (χ3v) is 4.17. The zero-order valence-electron chi connectivity index (χ0n) is 13.3. The zero-order chi connectivity index (χ0) is 17.1. The molecule has 0 spiro atoms. The number of carboxylic acids is 1. The summed E-state index contributed by atoms with van der Waals surface area (Å²) >= 11 is 0. The van der Waals surface area contributed by atoms with Crippen molar-refractivity contribution in [1.82, 2.24) is 5.32 Å². The number of aliphatic carboxylic acids is 1. The molecule has 1 atom stereocenters. The molecule has 0 heterocycles. The van der Waals surface area contributed by atoms with E-state index in [0.29, 0.717) is 0 Å². The summed E-state index contributed by atoms with van der Waals surface area (Å²) in [5.74, 6) is -1.25. The number of hydrogen-bond donors (Lipinski definition) is 3. The van der Waals surface area contributed by atoms with E-state index in [1.54, 1.807) is 0 Å². The predicted octanol–water partition coefficient (Wildman–Crippen LogP) is 2.36. The lowest BCUT2D eigenvalue weighted by Crippen LogP contribution is -2.46. The predicted molar refractivity (Wildman–Crippen MR) is 95.9 cm³/mol. The number of benzene rings is 2. The molecule has 6 nitrogen and oxygen atoms in total. The molecule has 0 radical (unpaired) electrons. The Labute approximate surface area is 151 Å². The van der Waals surface area contributed by atoms with E-state index in [9.17, 15) is 9.59 Å². The molecule has 0 fully saturated rings. The maximum atomic E-state index is 11.8. The van der Waals surface area contributed by atoms with Gasteiger partial charge in [0, 0.05) is 12.5 Å². The number of carboxylic acid groups (broad SMARTS) is 1. The van der Waals surface area contributed by atoms with Crippen LogP contribution in [0.3, 0.4) is 0 Å². The Morgan fingerprint density at radius 2 is 1.60 bits per heavy atom. The van der Waals surface area contributed by atoms with Crippen molar-refractivity contribution in [2.75, 3.05) is 13.2 Å². The minimum absolute atomic E-state index is 0. The first-order chi connectivity index (χ1) is 11.6. The van der Waals surface area contributed by atoms with Gasteiger partial charge in [-0.1, -0.05) is 48.5 Å². The molecule has 25 heavy (non-hydrogen) atoms. The number of carbonyl (C=O) groups is 2. The molecule has 2 aromatic carbocycles. The number of ether oxygens (including phenoxy) is 1. The number of hydrogen-bond acceptors (Lipinski definition) is 4. The van der Waals surface area contributed by atoms with Gasteiger partial charge >= 0.3 is 12.1 Å². The van der Waals surface area contributed by atoms with Crippen LogP contribution in [0.15, 0.2) is 48.5 Å². The van der Waals surface area contributed by atoms with Crippen molar-refractivity contribution in [3.05, 3.63) is 59.7 Å². The molecule has 0 saturated heterocycles. The quantitative estimate of drug-likeness (QED) is 0.757. The second-order valence-electron chi connectivity index (χ2n) is 5.60. The van der Waals surface area contributed by atoms with Gasteiger partial charge in [-0.15, -0.1) is 12.4 Å². The van der Waals surface area contributed by atoms with Crippen LogP contribution in [0.2, 0.25) is 0 Å². The molecule has 2 aromatic rings. The fraction of sp³-hybridized carbons (Fsp3) is 0.222. The Morgan fingerprint density at radius 1 is 1.08 bits per heavy atom. The van der Waals surface area contributed by atoms with Gasteiger partial charge < -0.3 is 20.9 Å². The standard InChI is InChI=1S/C18H18N2O4.ClH/c19-9-16(17(21)22)20-18(23)24-10-15-13-7-3-1-5-11(13)12-6-2-4-8-14(12)15;/h1-8,15-16H,9-10,19H2,(H,20,23)(H,21,22);1H. The maximum Gasteiger partial charge on any atom is 0.407 e. The number of halogens is 1. The Bertz CT molecular complexity index is 736. The molecule has 0 bridgehead atoms. The summed E-state index contributed by atoms with van der Waals surface area (Å²) in [7, 11) is 0. The number of alkyl carbamates (subject to hydrolysis) is 1. The third kappa shape index (κ3) is 3.75. The van der Waals surface area contributed by atoms with Crippen LogP contribution in [0.4, 0.5) is 4.79 Å². The number of nitrogens with one attached hydrogen (secondary N) is 1. The first kappa shape index (κ1) is 18.8. The van der Waals surface area contributed by atoms with Crippen molar-refractivity contribution < 1.29 is 19.4 Å². The van der Waals surface area contributed by atoms with E-state index in [1.807, 2.05) is 48.5 Å². The highest BCUT2D eigenvalue weighted by molar-refractivity contribution is 5.85. The molecule has 0 aromatic heterocycles. The minimum Gasteiger partial charge on any atom is -0.480 e. The van der Waals surface area contributed by atoms with Crippen LogP contribution >= 0.6 is 12.4 Å². The molecule has 1 aliphatic carbocycles. The summed E-state index contributed by atoms with van der Waals surface area (Å²) in [5, 5.41) is 11.2. The lowest BCUT2D eigenvalue weighted by Gasteiger charge is -2.16. The van der Waals surface area contributed by atoms with Crippen molar-refractivity contribution in [2.45, 2.75) is 12.0 Å². The average Bonchev–Trinajstić information content (AvgIpc) is 2.91. The summed E-state index contributed by atoms with van der Waals surface area (Å²) in [4.78, 5) is 22.7. The van der Waals surface area contributed by atoms with Gasteiger partial charge in [-0.2, -0.15) is 0 Å². The largest absolute Gasteiger partial charge is 0.480 e. The Hall–Kier alpha value is -2.57. The van der Waals surface area contributed by atoms with Gasteiger partial charge in [-0.25, -0.2) is 9.59 Å². The van der Waals surface area contributed by atoms with Gasteiger partial charge in [0.1, 0.15) is 12.6 Å². The van der Waals surface area contributed by atoms with E-state index in [-0.39, 0.29) is 31.5 Å². The normalized spacial score (nSPS) is 13.2. The van der Waals surface area contributed by atoms with Crippen LogP contribution in [0.1, 0.15) is 17.0 Å². The van der Waals surface area contributed by atoms with E-state index in [2.05, 4.69) is 5.32 Å². The number of amides is 1. The molecule has 4 N–H and O–H groups in total. The SMILES string of the molecule is Cl.NCC(NC(=O)OCC1c2ccccc2-c2ccccc21)C(=O)O. The van der Waals surface area contributed by atoms with Crippen LogP contribution in [-0.2, 0) is 9.53 Å². The van der Waals surface area contributed by atoms with Crippen molar-refractivity contribution >= 4 is 24.5 Å². The van der Waals surface area contributed by atoms with Crippen molar-refractivity contribution in [2.24, 2.45) is 5.73 Å². The van der Waals surface area contributed by atoms with E-state index >= 15 is 0 Å². The van der Waals surface area contributed by atoms with Crippen LogP contribution in [0.5, 0.6) is 0 Å². The van der Waals surface area contributed by atoms with E-state index < -0.39 is 18.1 Å². The lowest BCUT2D eigenvalue weighted by atomic mass is 9.98. The van der Waals surface area contributed by atoms with Gasteiger partial charge in [0.05, 0.1) is 0 Å². The maximum absolute atomic E-state index is 11.8. The fourth-order valence-electron chi connectivity index (χ4n) is 3.00. The zero-order valence-corrected chi connectivity index (χ0v) is 14.2. The Morgan fingerprint density at radius 3 is 2.08 bits per heavy atom. The summed E-state index contributed by atoms with van der Waals surface area (Å²) in [6.07, 6.45) is -0.783. The molecule has 1 aliphatic rings. The van der Waals surface area contributed by atoms with E-state index in [0.717, 1.165) is 22.3 Å². The van der Waals surface area contributed by atoms with E-state index in [1.165, 1.54) is 0 Å². The number of rotatable bonds is 5. The monoisotopic (exact) mass is 362 g/mol. The first-order valence-electron chi connectivity index (χ1n) is 7.66. The van der Waals surface area contributed by atoms with Crippen molar-refractivity contribution in [3.8, 4) is 11.1 Å². The molecule has 132 valence electrons. The lowest BCUT2D eigenvalue weighted by molar-refractivity contribution is -0.139. The molecule has 3 rings (SSSR count). The number of carbonyl (C=O) groups excluding carboxylic acids is 1. The van der Waals surface area contributed by atoms with Crippen LogP contribution in [-0.4, -0.2) is 36.4 Å². The van der Waals surface area contributed by atoms with Gasteiger partial charge in [0.25, 0.3) is 0 Å². The second-order valence-corrected chi connectivity index (χ2v) is 5.60. The minimum atomic E-state index is -1.19. The van der Waals surface area contributed by atoms with Crippen LogP contribution in [0.25, 0.3) is 11.1 Å². The van der Waals surface area contributed by atoms with Gasteiger partial charge in [-0.3, -0.25) is 0 Å². The highest BCUT2D eigenvalue weighted by Gasteiger charge is 2.29. The fourth-order valence-corrected chi connectivity index (χ4v) is 3.00. The molecular weight excluding hydrogens is 344 g/mol. The summed E-state index contributed by atoms with van der Waals surface area (Å²) < 4.78 is 5.25. The smallest absolute Gasteiger partial charge is 0.407 e. The topological polar surface area (TPSA) is 102 Å². The van der Waals surface area contributed by atoms with Gasteiger partial charge in [0.2, 0.25) is 0 Å². The average molecular weight is 363 g/mol. The molecule has 1 amide bonds. The Kier molecular flexibility index (Phi) is 6.01. The van der Waals surface area contributed by atoms with Crippen molar-refractivity contribution in [1.29, 1.82) is 0 Å². The Balaban J connectivity index is 0.00000225. The molecule has 1 unspecified atom stereocenters. The summed E-state index contributed by atoms with van der Waals surface area (Å²) in [5.41, 5.74) is 9.77. The van der Waals surface area contributed by atoms with E-state index in [4.69, 9.17) is 15.6 Å². The molecule has 0 saturated carbocycles. The third-order valence-electron chi connectivity index (χ3n) is 4.17. The number of nitrogens with two attached hydrogens (primary N) is 1. The van der Waals surface area contributed by atoms with Crippen LogP contribution in [0, 0.1) is 0 Å². The molecular formula is C18H19ClN2O4. The van der Waals surface area contributed by atoms with Gasteiger partial charge in [0.15, 0.2) is 0 Å².